The lowest BCUT2D eigenvalue weighted by molar-refractivity contribution is 0.254. The van der Waals surface area contributed by atoms with Crippen LogP contribution in [0, 0.1) is 12.8 Å². The summed E-state index contributed by atoms with van der Waals surface area (Å²) in [6.45, 7) is 4.16. The molecular formula is C11H18ClNO3S2. The molecule has 0 aliphatic rings. The molecule has 0 saturated carbocycles. The lowest BCUT2D eigenvalue weighted by Gasteiger charge is -2.13. The van der Waals surface area contributed by atoms with Crippen LogP contribution >= 0.6 is 22.9 Å². The normalized spacial score (nSPS) is 13.8. The van der Waals surface area contributed by atoms with Crippen LogP contribution in [-0.4, -0.2) is 26.7 Å². The third-order valence-electron chi connectivity index (χ3n) is 2.78. The fourth-order valence-electron chi connectivity index (χ4n) is 1.50. The van der Waals surface area contributed by atoms with E-state index in [4.69, 9.17) is 16.7 Å². The summed E-state index contributed by atoms with van der Waals surface area (Å²) in [7, 11) is -3.48. The molecular weight excluding hydrogens is 294 g/mol. The first kappa shape index (κ1) is 15.9. The van der Waals surface area contributed by atoms with Gasteiger partial charge in [0.05, 0.1) is 4.34 Å². The number of aliphatic hydroxyl groups excluding tert-OH is 1. The van der Waals surface area contributed by atoms with Crippen molar-refractivity contribution >= 4 is 33.0 Å². The standard InChI is InChI=1S/C11H18ClNO3S2/c1-3-9(4-5-14)7-13-18(15,16)10-6-8(2)11(12)17-10/h6,9,13-14H,3-5,7H2,1-2H3. The average molecular weight is 312 g/mol. The highest BCUT2D eigenvalue weighted by molar-refractivity contribution is 7.91. The molecule has 1 rings (SSSR count). The molecule has 1 aromatic heterocycles. The van der Waals surface area contributed by atoms with E-state index in [0.29, 0.717) is 17.3 Å². The van der Waals surface area contributed by atoms with E-state index in [1.54, 1.807) is 13.0 Å². The van der Waals surface area contributed by atoms with Gasteiger partial charge in [0.2, 0.25) is 10.0 Å². The molecule has 1 aromatic rings. The topological polar surface area (TPSA) is 66.4 Å². The van der Waals surface area contributed by atoms with E-state index in [9.17, 15) is 8.42 Å². The minimum atomic E-state index is -3.48. The predicted molar refractivity (Wildman–Crippen MR) is 74.7 cm³/mol. The second-order valence-corrected chi connectivity index (χ2v) is 7.81. The van der Waals surface area contributed by atoms with Crippen molar-refractivity contribution in [1.29, 1.82) is 0 Å². The SMILES string of the molecule is CCC(CCO)CNS(=O)(=O)c1cc(C)c(Cl)s1. The second kappa shape index (κ2) is 6.86. The minimum absolute atomic E-state index is 0.0736. The number of sulfonamides is 1. The maximum Gasteiger partial charge on any atom is 0.250 e. The summed E-state index contributed by atoms with van der Waals surface area (Å²) in [6.07, 6.45) is 1.43. The van der Waals surface area contributed by atoms with Gasteiger partial charge in [0, 0.05) is 13.2 Å². The average Bonchev–Trinajstić information content (AvgIpc) is 2.66. The Balaban J connectivity index is 2.70. The summed E-state index contributed by atoms with van der Waals surface area (Å²) in [6, 6.07) is 1.57. The Labute approximate surface area is 117 Å². The highest BCUT2D eigenvalue weighted by Crippen LogP contribution is 2.29. The summed E-state index contributed by atoms with van der Waals surface area (Å²) in [4.78, 5) is 0. The predicted octanol–water partition coefficient (Wildman–Crippen LogP) is 2.40. The summed E-state index contributed by atoms with van der Waals surface area (Å²) < 4.78 is 27.3. The Hall–Kier alpha value is -0.140. The number of halogens is 1. The van der Waals surface area contributed by atoms with E-state index in [2.05, 4.69) is 4.72 Å². The molecule has 0 spiro atoms. The Bertz CT molecular complexity index is 465. The molecule has 1 unspecified atom stereocenters. The van der Waals surface area contributed by atoms with Gasteiger partial charge in [-0.15, -0.1) is 11.3 Å². The van der Waals surface area contributed by atoms with Crippen LogP contribution in [0.4, 0.5) is 0 Å². The maximum absolute atomic E-state index is 12.0. The molecule has 0 aliphatic heterocycles. The van der Waals surface area contributed by atoms with Crippen LogP contribution in [0.5, 0.6) is 0 Å². The van der Waals surface area contributed by atoms with Crippen molar-refractivity contribution in [3.8, 4) is 0 Å². The fourth-order valence-corrected chi connectivity index (χ4v) is 4.36. The quantitative estimate of drug-likeness (QED) is 0.812. The van der Waals surface area contributed by atoms with Crippen LogP contribution in [0.25, 0.3) is 0 Å². The molecule has 0 aliphatic carbocycles. The second-order valence-electron chi connectivity index (χ2n) is 4.16. The van der Waals surface area contributed by atoms with Gasteiger partial charge in [-0.25, -0.2) is 13.1 Å². The van der Waals surface area contributed by atoms with Gasteiger partial charge in [-0.05, 0) is 30.9 Å². The lowest BCUT2D eigenvalue weighted by Crippen LogP contribution is -2.29. The van der Waals surface area contributed by atoms with E-state index < -0.39 is 10.0 Å². The number of thiophene rings is 1. The first-order valence-corrected chi connectivity index (χ1v) is 8.45. The van der Waals surface area contributed by atoms with Gasteiger partial charge in [-0.1, -0.05) is 24.9 Å². The van der Waals surface area contributed by atoms with Crippen molar-refractivity contribution < 1.29 is 13.5 Å². The van der Waals surface area contributed by atoms with Crippen LogP contribution in [0.3, 0.4) is 0 Å². The zero-order chi connectivity index (χ0) is 13.8. The van der Waals surface area contributed by atoms with Crippen LogP contribution in [0.1, 0.15) is 25.3 Å². The van der Waals surface area contributed by atoms with Crippen molar-refractivity contribution in [1.82, 2.24) is 4.72 Å². The molecule has 0 amide bonds. The Morgan fingerprint density at radius 2 is 2.22 bits per heavy atom. The third kappa shape index (κ3) is 4.20. The minimum Gasteiger partial charge on any atom is -0.396 e. The monoisotopic (exact) mass is 311 g/mol. The molecule has 0 aromatic carbocycles. The number of nitrogens with one attached hydrogen (secondary N) is 1. The van der Waals surface area contributed by atoms with Crippen LogP contribution in [-0.2, 0) is 10.0 Å². The van der Waals surface area contributed by atoms with Gasteiger partial charge in [0.25, 0.3) is 0 Å². The highest BCUT2D eigenvalue weighted by Gasteiger charge is 2.19. The summed E-state index contributed by atoms with van der Waals surface area (Å²) in [5.74, 6) is 0.154. The molecule has 7 heteroatoms. The smallest absolute Gasteiger partial charge is 0.250 e. The van der Waals surface area contributed by atoms with Crippen molar-refractivity contribution in [3.63, 3.8) is 0 Å². The van der Waals surface area contributed by atoms with E-state index in [1.165, 1.54) is 0 Å². The fraction of sp³-hybridized carbons (Fsp3) is 0.636. The molecule has 18 heavy (non-hydrogen) atoms. The molecule has 4 nitrogen and oxygen atoms in total. The van der Waals surface area contributed by atoms with Gasteiger partial charge in [0.1, 0.15) is 4.21 Å². The van der Waals surface area contributed by atoms with Crippen molar-refractivity contribution in [2.24, 2.45) is 5.92 Å². The van der Waals surface area contributed by atoms with E-state index in [1.807, 2.05) is 6.92 Å². The molecule has 0 saturated heterocycles. The number of hydrogen-bond donors (Lipinski definition) is 2. The largest absolute Gasteiger partial charge is 0.396 e. The first-order chi connectivity index (χ1) is 8.40. The molecule has 104 valence electrons. The molecule has 0 radical (unpaired) electrons. The summed E-state index contributed by atoms with van der Waals surface area (Å²) in [5.41, 5.74) is 0.768. The molecule has 1 heterocycles. The number of aliphatic hydroxyl groups is 1. The number of rotatable bonds is 7. The first-order valence-electron chi connectivity index (χ1n) is 5.77. The van der Waals surface area contributed by atoms with Gasteiger partial charge in [-0.2, -0.15) is 0 Å². The zero-order valence-corrected chi connectivity index (χ0v) is 12.8. The molecule has 2 N–H and O–H groups in total. The van der Waals surface area contributed by atoms with Crippen molar-refractivity contribution in [3.05, 3.63) is 16.0 Å². The van der Waals surface area contributed by atoms with Gasteiger partial charge >= 0.3 is 0 Å². The third-order valence-corrected chi connectivity index (χ3v) is 6.23. The molecule has 0 fully saturated rings. The zero-order valence-electron chi connectivity index (χ0n) is 10.4. The Morgan fingerprint density at radius 3 is 2.67 bits per heavy atom. The van der Waals surface area contributed by atoms with E-state index in [-0.39, 0.29) is 16.7 Å². The number of aryl methyl sites for hydroxylation is 1. The highest BCUT2D eigenvalue weighted by atomic mass is 35.5. The van der Waals surface area contributed by atoms with Crippen molar-refractivity contribution in [2.45, 2.75) is 30.9 Å². The van der Waals surface area contributed by atoms with Crippen molar-refractivity contribution in [2.75, 3.05) is 13.2 Å². The van der Waals surface area contributed by atoms with Crippen LogP contribution in [0.15, 0.2) is 10.3 Å². The Morgan fingerprint density at radius 1 is 1.56 bits per heavy atom. The lowest BCUT2D eigenvalue weighted by atomic mass is 10.0. The molecule has 0 bridgehead atoms. The maximum atomic E-state index is 12.0. The Kier molecular flexibility index (Phi) is 6.07. The number of hydrogen-bond acceptors (Lipinski definition) is 4. The van der Waals surface area contributed by atoms with Gasteiger partial charge in [0.15, 0.2) is 0 Å². The molecule has 1 atom stereocenters. The summed E-state index contributed by atoms with van der Waals surface area (Å²) >= 11 is 6.93. The van der Waals surface area contributed by atoms with Crippen LogP contribution in [0.2, 0.25) is 4.34 Å². The van der Waals surface area contributed by atoms with Crippen LogP contribution < -0.4 is 4.72 Å². The van der Waals surface area contributed by atoms with E-state index >= 15 is 0 Å². The van der Waals surface area contributed by atoms with Gasteiger partial charge in [-0.3, -0.25) is 0 Å². The van der Waals surface area contributed by atoms with Gasteiger partial charge < -0.3 is 5.11 Å². The van der Waals surface area contributed by atoms with E-state index in [0.717, 1.165) is 23.3 Å². The summed E-state index contributed by atoms with van der Waals surface area (Å²) in [5, 5.41) is 8.86.